The van der Waals surface area contributed by atoms with Gasteiger partial charge in [0.05, 0.1) is 17.3 Å². The number of hydrogen-bond donors (Lipinski definition) is 1. The molecule has 19 heavy (non-hydrogen) atoms. The monoisotopic (exact) mass is 276 g/mol. The van der Waals surface area contributed by atoms with Crippen LogP contribution in [0.5, 0.6) is 5.75 Å². The normalized spacial score (nSPS) is 12.3. The molecule has 0 amide bonds. The second-order valence-electron chi connectivity index (χ2n) is 4.48. The van der Waals surface area contributed by atoms with Gasteiger partial charge in [0.15, 0.2) is 0 Å². The van der Waals surface area contributed by atoms with Crippen LogP contribution in [0, 0.1) is 6.92 Å². The molecule has 3 nitrogen and oxygen atoms in total. The Morgan fingerprint density at radius 1 is 1.32 bits per heavy atom. The van der Waals surface area contributed by atoms with Gasteiger partial charge in [0, 0.05) is 11.4 Å². The van der Waals surface area contributed by atoms with Gasteiger partial charge < -0.3 is 10.1 Å². The molecule has 0 saturated heterocycles. The van der Waals surface area contributed by atoms with Crippen LogP contribution in [0.15, 0.2) is 35.7 Å². The average molecular weight is 276 g/mol. The zero-order valence-corrected chi connectivity index (χ0v) is 12.2. The Labute approximate surface area is 118 Å². The van der Waals surface area contributed by atoms with Gasteiger partial charge in [-0.15, -0.1) is 11.3 Å². The number of thiazole rings is 1. The Balaban J connectivity index is 1.62. The molecule has 1 N–H and O–H groups in total. The first-order valence-electron chi connectivity index (χ1n) is 6.59. The molecule has 0 aliphatic carbocycles. The number of benzene rings is 1. The van der Waals surface area contributed by atoms with Crippen LogP contribution in [0.1, 0.15) is 30.1 Å². The predicted octanol–water partition coefficient (Wildman–Crippen LogP) is 3.57. The molecule has 1 aromatic carbocycles. The molecule has 1 heterocycles. The third kappa shape index (κ3) is 4.65. The van der Waals surface area contributed by atoms with E-state index in [0.717, 1.165) is 36.0 Å². The molecular weight excluding hydrogens is 256 g/mol. The molecule has 1 unspecified atom stereocenters. The van der Waals surface area contributed by atoms with Gasteiger partial charge in [0.25, 0.3) is 0 Å². The van der Waals surface area contributed by atoms with Gasteiger partial charge in [-0.3, -0.25) is 0 Å². The molecule has 0 spiro atoms. The number of nitrogens with one attached hydrogen (secondary N) is 1. The van der Waals surface area contributed by atoms with Crippen LogP contribution in [0.3, 0.4) is 0 Å². The van der Waals surface area contributed by atoms with E-state index in [-0.39, 0.29) is 0 Å². The zero-order chi connectivity index (χ0) is 13.5. The summed E-state index contributed by atoms with van der Waals surface area (Å²) in [6.07, 6.45) is 0.988. The standard InChI is InChI=1S/C15H20N2OS/c1-12(15-11-19-13(2)17-15)16-9-6-10-18-14-7-4-3-5-8-14/h3-5,7-8,11-12,16H,6,9-10H2,1-2H3. The molecule has 0 fully saturated rings. The first-order chi connectivity index (χ1) is 9.25. The molecule has 2 rings (SSSR count). The molecule has 1 atom stereocenters. The average Bonchev–Trinajstić information content (AvgIpc) is 2.86. The van der Waals surface area contributed by atoms with Crippen molar-refractivity contribution >= 4 is 11.3 Å². The fourth-order valence-electron chi connectivity index (χ4n) is 1.78. The highest BCUT2D eigenvalue weighted by Crippen LogP contribution is 2.15. The Bertz CT molecular complexity index is 484. The van der Waals surface area contributed by atoms with Crippen LogP contribution in [-0.4, -0.2) is 18.1 Å². The third-order valence-corrected chi connectivity index (χ3v) is 3.66. The minimum atomic E-state index is 0.307. The molecule has 0 radical (unpaired) electrons. The molecule has 1 aromatic heterocycles. The molecule has 0 aliphatic heterocycles. The lowest BCUT2D eigenvalue weighted by Gasteiger charge is -2.11. The summed E-state index contributed by atoms with van der Waals surface area (Å²) >= 11 is 1.70. The van der Waals surface area contributed by atoms with Crippen molar-refractivity contribution in [2.45, 2.75) is 26.3 Å². The molecule has 0 aliphatic rings. The van der Waals surface area contributed by atoms with Crippen molar-refractivity contribution in [1.29, 1.82) is 0 Å². The summed E-state index contributed by atoms with van der Waals surface area (Å²) in [5, 5.41) is 6.70. The SMILES string of the molecule is Cc1nc(C(C)NCCCOc2ccccc2)cs1. The van der Waals surface area contributed by atoms with E-state index < -0.39 is 0 Å². The van der Waals surface area contributed by atoms with Crippen LogP contribution in [0.25, 0.3) is 0 Å². The van der Waals surface area contributed by atoms with Gasteiger partial charge in [-0.1, -0.05) is 18.2 Å². The number of aromatic nitrogens is 1. The Morgan fingerprint density at radius 2 is 2.11 bits per heavy atom. The fourth-order valence-corrected chi connectivity index (χ4v) is 2.49. The highest BCUT2D eigenvalue weighted by Gasteiger charge is 2.07. The van der Waals surface area contributed by atoms with Crippen LogP contribution in [-0.2, 0) is 0 Å². The van der Waals surface area contributed by atoms with E-state index >= 15 is 0 Å². The maximum Gasteiger partial charge on any atom is 0.119 e. The summed E-state index contributed by atoms with van der Waals surface area (Å²) < 4.78 is 5.64. The van der Waals surface area contributed by atoms with Gasteiger partial charge in [-0.25, -0.2) is 4.98 Å². The van der Waals surface area contributed by atoms with Crippen molar-refractivity contribution in [2.75, 3.05) is 13.2 Å². The number of hydrogen-bond acceptors (Lipinski definition) is 4. The Morgan fingerprint density at radius 3 is 2.79 bits per heavy atom. The smallest absolute Gasteiger partial charge is 0.119 e. The topological polar surface area (TPSA) is 34.2 Å². The van der Waals surface area contributed by atoms with Gasteiger partial charge in [-0.05, 0) is 38.9 Å². The lowest BCUT2D eigenvalue weighted by molar-refractivity contribution is 0.305. The first kappa shape index (κ1) is 14.0. The molecule has 0 bridgehead atoms. The van der Waals surface area contributed by atoms with E-state index in [9.17, 15) is 0 Å². The predicted molar refractivity (Wildman–Crippen MR) is 79.8 cm³/mol. The summed E-state index contributed by atoms with van der Waals surface area (Å²) in [5.74, 6) is 0.936. The number of para-hydroxylation sites is 1. The molecule has 2 aromatic rings. The minimum absolute atomic E-state index is 0.307. The van der Waals surface area contributed by atoms with Crippen molar-refractivity contribution in [1.82, 2.24) is 10.3 Å². The summed E-state index contributed by atoms with van der Waals surface area (Å²) in [4.78, 5) is 4.48. The third-order valence-electron chi connectivity index (χ3n) is 2.86. The number of nitrogens with zero attached hydrogens (tertiary/aromatic N) is 1. The maximum atomic E-state index is 5.64. The second-order valence-corrected chi connectivity index (χ2v) is 5.54. The largest absolute Gasteiger partial charge is 0.494 e. The van der Waals surface area contributed by atoms with Crippen LogP contribution >= 0.6 is 11.3 Å². The van der Waals surface area contributed by atoms with Gasteiger partial charge >= 0.3 is 0 Å². The lowest BCUT2D eigenvalue weighted by atomic mass is 10.2. The van der Waals surface area contributed by atoms with E-state index in [0.29, 0.717) is 6.04 Å². The van der Waals surface area contributed by atoms with Gasteiger partial charge in [0.2, 0.25) is 0 Å². The Kier molecular flexibility index (Phi) is 5.36. The molecular formula is C15H20N2OS. The van der Waals surface area contributed by atoms with Crippen molar-refractivity contribution < 1.29 is 4.74 Å². The van der Waals surface area contributed by atoms with Crippen molar-refractivity contribution in [3.8, 4) is 5.75 Å². The van der Waals surface area contributed by atoms with Gasteiger partial charge in [-0.2, -0.15) is 0 Å². The summed E-state index contributed by atoms with van der Waals surface area (Å²) in [5.41, 5.74) is 1.13. The van der Waals surface area contributed by atoms with Crippen molar-refractivity contribution in [3.63, 3.8) is 0 Å². The van der Waals surface area contributed by atoms with Crippen LogP contribution < -0.4 is 10.1 Å². The Hall–Kier alpha value is -1.39. The van der Waals surface area contributed by atoms with Crippen LogP contribution in [0.4, 0.5) is 0 Å². The van der Waals surface area contributed by atoms with Gasteiger partial charge in [0.1, 0.15) is 5.75 Å². The second kappa shape index (κ2) is 7.26. The number of aryl methyl sites for hydroxylation is 1. The summed E-state index contributed by atoms with van der Waals surface area (Å²) in [6.45, 7) is 5.85. The highest BCUT2D eigenvalue weighted by atomic mass is 32.1. The van der Waals surface area contributed by atoms with E-state index in [4.69, 9.17) is 4.74 Å². The molecule has 102 valence electrons. The first-order valence-corrected chi connectivity index (χ1v) is 7.47. The zero-order valence-electron chi connectivity index (χ0n) is 11.4. The highest BCUT2D eigenvalue weighted by molar-refractivity contribution is 7.09. The fraction of sp³-hybridized carbons (Fsp3) is 0.400. The summed E-state index contributed by atoms with van der Waals surface area (Å²) in [6, 6.07) is 10.2. The van der Waals surface area contributed by atoms with E-state index in [2.05, 4.69) is 22.6 Å². The molecule has 0 saturated carbocycles. The summed E-state index contributed by atoms with van der Waals surface area (Å²) in [7, 11) is 0. The van der Waals surface area contributed by atoms with Crippen LogP contribution in [0.2, 0.25) is 0 Å². The number of ether oxygens (including phenoxy) is 1. The van der Waals surface area contributed by atoms with E-state index in [1.807, 2.05) is 37.3 Å². The molecule has 4 heteroatoms. The maximum absolute atomic E-state index is 5.64. The van der Waals surface area contributed by atoms with Crippen molar-refractivity contribution in [2.24, 2.45) is 0 Å². The van der Waals surface area contributed by atoms with E-state index in [1.165, 1.54) is 0 Å². The lowest BCUT2D eigenvalue weighted by Crippen LogP contribution is -2.21. The number of rotatable bonds is 7. The minimum Gasteiger partial charge on any atom is -0.494 e. The van der Waals surface area contributed by atoms with Crippen molar-refractivity contribution in [3.05, 3.63) is 46.4 Å². The quantitative estimate of drug-likeness (QED) is 0.785. The van der Waals surface area contributed by atoms with E-state index in [1.54, 1.807) is 11.3 Å².